The molecule has 0 atom stereocenters. The van der Waals surface area contributed by atoms with E-state index in [4.69, 9.17) is 0 Å². The van der Waals surface area contributed by atoms with Crippen LogP contribution in [0.1, 0.15) is 72.1 Å². The summed E-state index contributed by atoms with van der Waals surface area (Å²) in [4.78, 5) is 26.3. The largest absolute Gasteiger partial charge is 1.00 e. The second kappa shape index (κ2) is 13.9. The molecule has 1 aliphatic heterocycles. The molecule has 0 saturated heterocycles. The maximum Gasteiger partial charge on any atom is 0.261 e. The molecule has 0 aliphatic carbocycles. The van der Waals surface area contributed by atoms with Crippen molar-refractivity contribution in [1.82, 2.24) is 4.90 Å². The zero-order valence-electron chi connectivity index (χ0n) is 21.2. The number of hydrogen-bond donors (Lipinski definition) is 0. The van der Waals surface area contributed by atoms with Crippen LogP contribution >= 0.6 is 7.26 Å². The normalized spacial score (nSPS) is 13.0. The predicted octanol–water partition coefficient (Wildman–Crippen LogP) is 3.71. The van der Waals surface area contributed by atoms with Gasteiger partial charge in [-0.1, -0.05) is 80.6 Å². The lowest BCUT2D eigenvalue weighted by atomic mass is 10.1. The molecule has 36 heavy (non-hydrogen) atoms. The van der Waals surface area contributed by atoms with Gasteiger partial charge in [0.1, 0.15) is 0 Å². The van der Waals surface area contributed by atoms with Gasteiger partial charge in [-0.3, -0.25) is 14.5 Å². The summed E-state index contributed by atoms with van der Waals surface area (Å²) in [6.07, 6.45) is 10.7. The summed E-state index contributed by atoms with van der Waals surface area (Å²) in [5, 5.41) is 3.01. The van der Waals surface area contributed by atoms with Crippen molar-refractivity contribution in [2.45, 2.75) is 51.4 Å². The lowest BCUT2D eigenvalue weighted by Gasteiger charge is -2.23. The molecule has 0 radical (unpaired) electrons. The summed E-state index contributed by atoms with van der Waals surface area (Å²) in [7, 11) is -1.35. The zero-order valence-corrected chi connectivity index (χ0v) is 23.7. The molecule has 3 aromatic carbocycles. The first-order valence-electron chi connectivity index (χ1n) is 13.0. The second-order valence-electron chi connectivity index (χ2n) is 9.72. The number of carbonyl (C=O) groups is 2. The van der Waals surface area contributed by atoms with E-state index in [2.05, 4.69) is 67.3 Å². The summed E-state index contributed by atoms with van der Waals surface area (Å²) in [5.41, 5.74) is 1.10. The van der Waals surface area contributed by atoms with Crippen molar-refractivity contribution in [3.63, 3.8) is 0 Å². The second-order valence-corrected chi connectivity index (χ2v) is 13.6. The molecule has 0 fully saturated rings. The SMILES string of the molecule is C[P+](CCCCCCCCCCN1C(=O)c2ccccc2C1=O)(c1ccccc1)c1ccccc1.[Br-]. The van der Waals surface area contributed by atoms with Crippen molar-refractivity contribution < 1.29 is 26.6 Å². The third kappa shape index (κ3) is 6.72. The maximum atomic E-state index is 12.4. The Balaban J connectivity index is 0.00000361. The molecule has 0 saturated carbocycles. The standard InChI is InChI=1S/C31H37NO2P.BrH/c1-35(26-18-10-8-11-19-26,27-20-12-9-13-21-27)25-17-7-5-3-2-4-6-16-24-32-30(33)28-22-14-15-23-29(28)31(32)34;/h8-15,18-23H,2-7,16-17,24-25H2,1H3;1H/q+1;/p-1. The van der Waals surface area contributed by atoms with E-state index in [0.717, 1.165) is 12.8 Å². The molecular weight excluding hydrogens is 529 g/mol. The number of unbranched alkanes of at least 4 members (excludes halogenated alkanes) is 7. The van der Waals surface area contributed by atoms with Crippen molar-refractivity contribution in [2.75, 3.05) is 19.4 Å². The number of benzene rings is 3. The third-order valence-corrected chi connectivity index (χ3v) is 11.4. The molecule has 1 heterocycles. The first-order valence-corrected chi connectivity index (χ1v) is 15.5. The average molecular weight is 567 g/mol. The van der Waals surface area contributed by atoms with Crippen molar-refractivity contribution in [2.24, 2.45) is 0 Å². The highest BCUT2D eigenvalue weighted by atomic mass is 79.9. The van der Waals surface area contributed by atoms with Crippen LogP contribution in [0, 0.1) is 0 Å². The average Bonchev–Trinajstić information content (AvgIpc) is 3.15. The van der Waals surface area contributed by atoms with Crippen LogP contribution in [-0.4, -0.2) is 36.1 Å². The summed E-state index contributed by atoms with van der Waals surface area (Å²) >= 11 is 0. The molecule has 190 valence electrons. The molecule has 0 aromatic heterocycles. The highest BCUT2D eigenvalue weighted by Crippen LogP contribution is 2.53. The van der Waals surface area contributed by atoms with Gasteiger partial charge in [0.15, 0.2) is 0 Å². The van der Waals surface area contributed by atoms with Crippen LogP contribution in [0.5, 0.6) is 0 Å². The van der Waals surface area contributed by atoms with E-state index in [-0.39, 0.29) is 28.8 Å². The quantitative estimate of drug-likeness (QED) is 0.180. The van der Waals surface area contributed by atoms with Crippen LogP contribution in [0.25, 0.3) is 0 Å². The molecule has 4 rings (SSSR count). The Morgan fingerprint density at radius 2 is 0.944 bits per heavy atom. The van der Waals surface area contributed by atoms with E-state index in [1.54, 1.807) is 12.1 Å². The molecule has 3 aromatic rings. The van der Waals surface area contributed by atoms with Crippen LogP contribution in [0.3, 0.4) is 0 Å². The van der Waals surface area contributed by atoms with Crippen LogP contribution in [0.4, 0.5) is 0 Å². The van der Waals surface area contributed by atoms with Gasteiger partial charge >= 0.3 is 0 Å². The summed E-state index contributed by atoms with van der Waals surface area (Å²) < 4.78 is 0. The molecule has 0 N–H and O–H groups in total. The van der Waals surface area contributed by atoms with Gasteiger partial charge in [0.2, 0.25) is 0 Å². The van der Waals surface area contributed by atoms with Gasteiger partial charge in [0.25, 0.3) is 11.8 Å². The number of hydrogen-bond acceptors (Lipinski definition) is 2. The van der Waals surface area contributed by atoms with E-state index in [9.17, 15) is 9.59 Å². The Bertz CT molecular complexity index is 1050. The Morgan fingerprint density at radius 1 is 0.556 bits per heavy atom. The van der Waals surface area contributed by atoms with Gasteiger partial charge in [-0.25, -0.2) is 0 Å². The number of imide groups is 1. The number of fused-ring (bicyclic) bond motifs is 1. The topological polar surface area (TPSA) is 37.4 Å². The van der Waals surface area contributed by atoms with E-state index in [1.807, 2.05) is 12.1 Å². The summed E-state index contributed by atoms with van der Waals surface area (Å²) in [5.74, 6) is -0.266. The van der Waals surface area contributed by atoms with Gasteiger partial charge in [0.05, 0.1) is 41.8 Å². The van der Waals surface area contributed by atoms with Crippen molar-refractivity contribution in [3.8, 4) is 0 Å². The highest BCUT2D eigenvalue weighted by Gasteiger charge is 2.36. The van der Waals surface area contributed by atoms with E-state index in [1.165, 1.54) is 60.2 Å². The number of amides is 2. The first-order chi connectivity index (χ1) is 17.1. The minimum absolute atomic E-state index is 0. The van der Waals surface area contributed by atoms with Crippen LogP contribution in [-0.2, 0) is 0 Å². The number of rotatable bonds is 13. The monoisotopic (exact) mass is 565 g/mol. The lowest BCUT2D eigenvalue weighted by molar-refractivity contribution is -0.0000304. The van der Waals surface area contributed by atoms with Crippen molar-refractivity contribution >= 4 is 29.7 Å². The minimum Gasteiger partial charge on any atom is -1.00 e. The van der Waals surface area contributed by atoms with Crippen molar-refractivity contribution in [1.29, 1.82) is 0 Å². The molecule has 0 unspecified atom stereocenters. The van der Waals surface area contributed by atoms with Crippen molar-refractivity contribution in [3.05, 3.63) is 96.1 Å². The van der Waals surface area contributed by atoms with Gasteiger partial charge in [-0.2, -0.15) is 0 Å². The van der Waals surface area contributed by atoms with E-state index in [0.29, 0.717) is 17.7 Å². The molecule has 3 nitrogen and oxygen atoms in total. The minimum atomic E-state index is -1.35. The van der Waals surface area contributed by atoms with E-state index >= 15 is 0 Å². The Labute approximate surface area is 227 Å². The van der Waals surface area contributed by atoms with Gasteiger partial charge in [-0.05, 0) is 55.7 Å². The molecule has 1 aliphatic rings. The molecule has 0 spiro atoms. The molecule has 5 heteroatoms. The van der Waals surface area contributed by atoms with Crippen LogP contribution in [0.2, 0.25) is 0 Å². The Kier molecular flexibility index (Phi) is 10.9. The Morgan fingerprint density at radius 3 is 1.42 bits per heavy atom. The number of carbonyl (C=O) groups excluding carboxylic acids is 2. The third-order valence-electron chi connectivity index (χ3n) is 7.27. The fourth-order valence-electron chi connectivity index (χ4n) is 5.12. The molecular formula is C31H37BrNO2P. The van der Waals surface area contributed by atoms with Gasteiger partial charge < -0.3 is 17.0 Å². The molecule has 0 bridgehead atoms. The van der Waals surface area contributed by atoms with Gasteiger partial charge in [0, 0.05) is 6.54 Å². The lowest BCUT2D eigenvalue weighted by Crippen LogP contribution is -3.00. The first kappa shape index (κ1) is 28.3. The zero-order chi connectivity index (χ0) is 24.5. The number of halogens is 1. The number of nitrogens with zero attached hydrogens (tertiary/aromatic N) is 1. The maximum absolute atomic E-state index is 12.4. The van der Waals surface area contributed by atoms with Crippen LogP contribution < -0.4 is 27.6 Å². The predicted molar refractivity (Wildman–Crippen MR) is 149 cm³/mol. The van der Waals surface area contributed by atoms with E-state index < -0.39 is 7.26 Å². The fourth-order valence-corrected chi connectivity index (χ4v) is 8.45. The van der Waals surface area contributed by atoms with Crippen LogP contribution in [0.15, 0.2) is 84.9 Å². The Hall–Kier alpha value is -2.29. The molecule has 2 amide bonds. The highest BCUT2D eigenvalue weighted by molar-refractivity contribution is 7.88. The summed E-state index contributed by atoms with van der Waals surface area (Å²) in [6, 6.07) is 29.3. The smallest absolute Gasteiger partial charge is 0.261 e. The van der Waals surface area contributed by atoms with Gasteiger partial charge in [-0.15, -0.1) is 0 Å². The fraction of sp³-hybridized carbons (Fsp3) is 0.355. The summed E-state index contributed by atoms with van der Waals surface area (Å²) in [6.45, 7) is 3.03.